The molecule has 5 nitrogen and oxygen atoms in total. The molecule has 2 fully saturated rings. The summed E-state index contributed by atoms with van der Waals surface area (Å²) in [6.45, 7) is 7.75. The summed E-state index contributed by atoms with van der Waals surface area (Å²) in [7, 11) is 1.69. The molecule has 2 saturated heterocycles. The Morgan fingerprint density at radius 1 is 1.47 bits per heavy atom. The third kappa shape index (κ3) is 2.78. The van der Waals surface area contributed by atoms with Crippen LogP contribution in [0.3, 0.4) is 0 Å². The van der Waals surface area contributed by atoms with Gasteiger partial charge in [0.05, 0.1) is 12.0 Å². The Labute approximate surface area is 115 Å². The topological polar surface area (TPSA) is 59.6 Å². The summed E-state index contributed by atoms with van der Waals surface area (Å²) in [5, 5.41) is 6.41. The average molecular weight is 270 g/mol. The van der Waals surface area contributed by atoms with Crippen molar-refractivity contribution in [2.45, 2.75) is 32.3 Å². The number of rotatable bonds is 5. The first kappa shape index (κ1) is 14.8. The summed E-state index contributed by atoms with van der Waals surface area (Å²) in [6, 6.07) is 0. The lowest BCUT2D eigenvalue weighted by Gasteiger charge is -2.33. The molecule has 2 heterocycles. The van der Waals surface area contributed by atoms with E-state index in [2.05, 4.69) is 24.5 Å². The average Bonchev–Trinajstić information content (AvgIpc) is 3.06. The second-order valence-corrected chi connectivity index (χ2v) is 6.11. The van der Waals surface area contributed by atoms with Crippen LogP contribution in [-0.2, 0) is 14.3 Å². The van der Waals surface area contributed by atoms with E-state index >= 15 is 0 Å². The van der Waals surface area contributed by atoms with Crippen LogP contribution in [0.5, 0.6) is 0 Å². The van der Waals surface area contributed by atoms with Gasteiger partial charge < -0.3 is 20.1 Å². The fourth-order valence-corrected chi connectivity index (χ4v) is 3.04. The zero-order valence-corrected chi connectivity index (χ0v) is 12.3. The summed E-state index contributed by atoms with van der Waals surface area (Å²) < 4.78 is 10.9. The van der Waals surface area contributed by atoms with E-state index in [1.807, 2.05) is 0 Å². The molecule has 0 spiro atoms. The summed E-state index contributed by atoms with van der Waals surface area (Å²) in [5.74, 6) is 0.483. The Morgan fingerprint density at radius 3 is 2.74 bits per heavy atom. The van der Waals surface area contributed by atoms with Gasteiger partial charge in [-0.3, -0.25) is 4.79 Å². The van der Waals surface area contributed by atoms with Gasteiger partial charge in [-0.15, -0.1) is 0 Å². The number of carbonyl (C=O) groups is 1. The molecule has 0 aliphatic carbocycles. The predicted octanol–water partition coefficient (Wildman–Crippen LogP) is 0.544. The maximum atomic E-state index is 12.6. The van der Waals surface area contributed by atoms with E-state index in [1.165, 1.54) is 0 Å². The molecule has 2 unspecified atom stereocenters. The predicted molar refractivity (Wildman–Crippen MR) is 72.9 cm³/mol. The Bertz CT molecular complexity index is 319. The molecule has 2 aliphatic rings. The largest absolute Gasteiger partial charge is 0.378 e. The highest BCUT2D eigenvalue weighted by Gasteiger charge is 2.45. The van der Waals surface area contributed by atoms with Gasteiger partial charge in [0, 0.05) is 33.2 Å². The molecular weight excluding hydrogens is 244 g/mol. The molecule has 19 heavy (non-hydrogen) atoms. The van der Waals surface area contributed by atoms with Crippen molar-refractivity contribution >= 4 is 5.91 Å². The van der Waals surface area contributed by atoms with Crippen LogP contribution in [-0.4, -0.2) is 51.5 Å². The van der Waals surface area contributed by atoms with Gasteiger partial charge in [-0.25, -0.2) is 0 Å². The van der Waals surface area contributed by atoms with Crippen molar-refractivity contribution in [3.05, 3.63) is 0 Å². The Hall–Kier alpha value is -0.650. The molecule has 0 aromatic carbocycles. The van der Waals surface area contributed by atoms with E-state index < -0.39 is 0 Å². The molecule has 1 amide bonds. The van der Waals surface area contributed by atoms with Crippen molar-refractivity contribution in [2.75, 3.05) is 40.0 Å². The number of hydrogen-bond donors (Lipinski definition) is 2. The molecule has 110 valence electrons. The number of ether oxygens (including phenoxy) is 2. The van der Waals surface area contributed by atoms with Crippen molar-refractivity contribution < 1.29 is 14.3 Å². The smallest absolute Gasteiger partial charge is 0.227 e. The minimum atomic E-state index is -0.333. The molecule has 0 bridgehead atoms. The van der Waals surface area contributed by atoms with Crippen LogP contribution < -0.4 is 10.6 Å². The fraction of sp³-hybridized carbons (Fsp3) is 0.929. The summed E-state index contributed by atoms with van der Waals surface area (Å²) in [5.41, 5.74) is -0.603. The van der Waals surface area contributed by atoms with Crippen molar-refractivity contribution in [3.8, 4) is 0 Å². The Morgan fingerprint density at radius 2 is 2.26 bits per heavy atom. The van der Waals surface area contributed by atoms with Crippen LogP contribution in [0.25, 0.3) is 0 Å². The second-order valence-electron chi connectivity index (χ2n) is 6.11. The van der Waals surface area contributed by atoms with E-state index in [4.69, 9.17) is 9.47 Å². The third-order valence-corrected chi connectivity index (χ3v) is 4.82. The summed E-state index contributed by atoms with van der Waals surface area (Å²) in [6.07, 6.45) is 1.75. The summed E-state index contributed by atoms with van der Waals surface area (Å²) >= 11 is 0. The van der Waals surface area contributed by atoms with Gasteiger partial charge in [-0.1, -0.05) is 13.8 Å². The lowest BCUT2D eigenvalue weighted by atomic mass is 9.75. The highest BCUT2D eigenvalue weighted by atomic mass is 16.5. The number of methoxy groups -OCH3 is 1. The van der Waals surface area contributed by atoms with Crippen molar-refractivity contribution in [3.63, 3.8) is 0 Å². The van der Waals surface area contributed by atoms with Gasteiger partial charge in [0.2, 0.25) is 5.91 Å². The van der Waals surface area contributed by atoms with Gasteiger partial charge in [-0.05, 0) is 18.9 Å². The van der Waals surface area contributed by atoms with Crippen LogP contribution in [0.2, 0.25) is 0 Å². The first-order chi connectivity index (χ1) is 9.05. The molecule has 0 aromatic rings. The van der Waals surface area contributed by atoms with Crippen molar-refractivity contribution in [1.29, 1.82) is 0 Å². The van der Waals surface area contributed by atoms with Crippen molar-refractivity contribution in [2.24, 2.45) is 11.3 Å². The number of amides is 1. The zero-order chi connectivity index (χ0) is 13.9. The fourth-order valence-electron chi connectivity index (χ4n) is 3.04. The van der Waals surface area contributed by atoms with Crippen LogP contribution in [0.4, 0.5) is 0 Å². The zero-order valence-electron chi connectivity index (χ0n) is 12.3. The molecule has 2 aliphatic heterocycles. The van der Waals surface area contributed by atoms with E-state index in [9.17, 15) is 4.79 Å². The van der Waals surface area contributed by atoms with Crippen LogP contribution in [0, 0.1) is 11.3 Å². The van der Waals surface area contributed by atoms with Crippen LogP contribution in [0.1, 0.15) is 26.7 Å². The summed E-state index contributed by atoms with van der Waals surface area (Å²) in [4.78, 5) is 12.6. The normalized spacial score (nSPS) is 34.9. The lowest BCUT2D eigenvalue weighted by Crippen LogP contribution is -2.52. The minimum absolute atomic E-state index is 0.149. The van der Waals surface area contributed by atoms with Gasteiger partial charge in [0.25, 0.3) is 0 Å². The highest BCUT2D eigenvalue weighted by Crippen LogP contribution is 2.34. The molecule has 0 aromatic heterocycles. The molecule has 2 rings (SSSR count). The Balaban J connectivity index is 1.96. The number of nitrogens with one attached hydrogen (secondary N) is 2. The molecule has 2 N–H and O–H groups in total. The van der Waals surface area contributed by atoms with Crippen molar-refractivity contribution in [1.82, 2.24) is 10.6 Å². The number of carbonyl (C=O) groups excluding carboxylic acids is 1. The second kappa shape index (κ2) is 5.77. The maximum absolute atomic E-state index is 12.6. The number of hydrogen-bond acceptors (Lipinski definition) is 4. The van der Waals surface area contributed by atoms with E-state index in [1.54, 1.807) is 7.11 Å². The standard InChI is InChI=1S/C14H26N2O3/c1-11(2)14(4-6-15-9-14)12(17)16-8-13(18-3)5-7-19-10-13/h11,15H,4-10H2,1-3H3,(H,16,17). The van der Waals surface area contributed by atoms with Crippen LogP contribution in [0.15, 0.2) is 0 Å². The maximum Gasteiger partial charge on any atom is 0.227 e. The van der Waals surface area contributed by atoms with E-state index in [-0.39, 0.29) is 16.9 Å². The third-order valence-electron chi connectivity index (χ3n) is 4.82. The molecular formula is C14H26N2O3. The molecule has 0 radical (unpaired) electrons. The van der Waals surface area contributed by atoms with Gasteiger partial charge >= 0.3 is 0 Å². The minimum Gasteiger partial charge on any atom is -0.378 e. The lowest BCUT2D eigenvalue weighted by molar-refractivity contribution is -0.134. The van der Waals surface area contributed by atoms with Gasteiger partial charge in [-0.2, -0.15) is 0 Å². The SMILES string of the molecule is COC1(CNC(=O)C2(C(C)C)CCNC2)CCOC1. The van der Waals surface area contributed by atoms with Crippen LogP contribution >= 0.6 is 0 Å². The quantitative estimate of drug-likeness (QED) is 0.766. The van der Waals surface area contributed by atoms with E-state index in [0.29, 0.717) is 25.7 Å². The molecule has 0 saturated carbocycles. The molecule has 5 heteroatoms. The van der Waals surface area contributed by atoms with Gasteiger partial charge in [0.15, 0.2) is 0 Å². The Kier molecular flexibility index (Phi) is 4.48. The van der Waals surface area contributed by atoms with Gasteiger partial charge in [0.1, 0.15) is 5.60 Å². The van der Waals surface area contributed by atoms with E-state index in [0.717, 1.165) is 25.9 Å². The monoisotopic (exact) mass is 270 g/mol. The first-order valence-electron chi connectivity index (χ1n) is 7.17. The first-order valence-corrected chi connectivity index (χ1v) is 7.17. The molecule has 2 atom stereocenters. The highest BCUT2D eigenvalue weighted by molar-refractivity contribution is 5.83.